The minimum Gasteiger partial charge on any atom is -0.381 e. The molecule has 5 heteroatoms. The molecule has 3 aliphatic heterocycles. The lowest BCUT2D eigenvalue weighted by Crippen LogP contribution is -2.37. The Hall–Kier alpha value is -2.37. The van der Waals surface area contributed by atoms with Gasteiger partial charge in [0.2, 0.25) is 0 Å². The van der Waals surface area contributed by atoms with Crippen molar-refractivity contribution in [1.82, 2.24) is 19.7 Å². The first-order valence-corrected chi connectivity index (χ1v) is 12.7. The first-order chi connectivity index (χ1) is 16.2. The first kappa shape index (κ1) is 22.4. The Labute approximate surface area is 199 Å². The molecular formula is C28H38N4O. The monoisotopic (exact) mass is 446 g/mol. The van der Waals surface area contributed by atoms with Crippen LogP contribution in [0.2, 0.25) is 0 Å². The summed E-state index contributed by atoms with van der Waals surface area (Å²) in [6.07, 6.45) is 5.48. The Morgan fingerprint density at radius 2 is 1.79 bits per heavy atom. The van der Waals surface area contributed by atoms with Crippen molar-refractivity contribution in [3.63, 3.8) is 0 Å². The molecule has 0 unspecified atom stereocenters. The summed E-state index contributed by atoms with van der Waals surface area (Å²) in [6, 6.07) is 13.4. The predicted molar refractivity (Wildman–Crippen MR) is 133 cm³/mol. The van der Waals surface area contributed by atoms with Crippen molar-refractivity contribution >= 4 is 0 Å². The number of fused-ring (bicyclic) bond motifs is 1. The highest BCUT2D eigenvalue weighted by Crippen LogP contribution is 2.27. The third-order valence-corrected chi connectivity index (χ3v) is 7.57. The highest BCUT2D eigenvalue weighted by Gasteiger charge is 2.26. The summed E-state index contributed by atoms with van der Waals surface area (Å²) in [5.74, 6) is 2.37. The van der Waals surface area contributed by atoms with Crippen molar-refractivity contribution in [1.29, 1.82) is 0 Å². The summed E-state index contributed by atoms with van der Waals surface area (Å²) >= 11 is 0. The molecule has 0 radical (unpaired) electrons. The molecule has 0 bridgehead atoms. The molecular weight excluding hydrogens is 408 g/mol. The Morgan fingerprint density at radius 3 is 2.58 bits per heavy atom. The van der Waals surface area contributed by atoms with E-state index in [1.54, 1.807) is 0 Å². The van der Waals surface area contributed by atoms with Crippen molar-refractivity contribution in [2.75, 3.05) is 45.9 Å². The molecule has 0 amide bonds. The van der Waals surface area contributed by atoms with E-state index in [1.165, 1.54) is 29.7 Å². The Balaban J connectivity index is 1.10. The van der Waals surface area contributed by atoms with Crippen LogP contribution < -0.4 is 0 Å². The number of hydrogen-bond donors (Lipinski definition) is 0. The largest absolute Gasteiger partial charge is 0.381 e. The van der Waals surface area contributed by atoms with Crippen molar-refractivity contribution in [3.05, 3.63) is 77.4 Å². The van der Waals surface area contributed by atoms with Gasteiger partial charge in [-0.05, 0) is 53.9 Å². The van der Waals surface area contributed by atoms with Gasteiger partial charge in [0.15, 0.2) is 0 Å². The van der Waals surface area contributed by atoms with Crippen LogP contribution in [-0.2, 0) is 24.2 Å². The molecule has 33 heavy (non-hydrogen) atoms. The Morgan fingerprint density at radius 1 is 1.00 bits per heavy atom. The molecule has 0 saturated carbocycles. The van der Waals surface area contributed by atoms with E-state index < -0.39 is 0 Å². The van der Waals surface area contributed by atoms with Crippen molar-refractivity contribution in [2.24, 2.45) is 5.92 Å². The predicted octanol–water partition coefficient (Wildman–Crippen LogP) is 4.26. The zero-order valence-electron chi connectivity index (χ0n) is 20.1. The van der Waals surface area contributed by atoms with Gasteiger partial charge in [0.05, 0.1) is 18.1 Å². The SMILES string of the molecule is C=C1N(Cc2ccc(C3CCOCC3)cn2)CCN1C[C@H](C)CN1CCc2ccccc2C1. The van der Waals surface area contributed by atoms with Crippen LogP contribution in [0.4, 0.5) is 0 Å². The van der Waals surface area contributed by atoms with Crippen LogP contribution in [0.15, 0.2) is 55.0 Å². The zero-order valence-corrected chi connectivity index (χ0v) is 20.1. The van der Waals surface area contributed by atoms with Gasteiger partial charge in [-0.15, -0.1) is 0 Å². The van der Waals surface area contributed by atoms with Crippen LogP contribution in [-0.4, -0.2) is 65.6 Å². The standard InChI is InChI=1S/C28H38N4O/c1-22(18-30-12-9-24-5-3-4-6-27(24)20-30)19-31-13-14-32(23(31)2)21-28-8-7-26(17-29-28)25-10-15-33-16-11-25/h3-8,17,22,25H,2,9-16,18-21H2,1H3/t22-/m1/s1. The fourth-order valence-corrected chi connectivity index (χ4v) is 5.65. The van der Waals surface area contributed by atoms with E-state index in [2.05, 4.69) is 70.8 Å². The first-order valence-electron chi connectivity index (χ1n) is 12.7. The van der Waals surface area contributed by atoms with Gasteiger partial charge in [-0.25, -0.2) is 0 Å². The molecule has 1 aromatic heterocycles. The minimum absolute atomic E-state index is 0.604. The molecule has 5 rings (SSSR count). The fraction of sp³-hybridized carbons (Fsp3) is 0.536. The third kappa shape index (κ3) is 5.42. The van der Waals surface area contributed by atoms with Crippen LogP contribution in [0.3, 0.4) is 0 Å². The average molecular weight is 447 g/mol. The second-order valence-electron chi connectivity index (χ2n) is 10.1. The molecule has 0 N–H and O–H groups in total. The third-order valence-electron chi connectivity index (χ3n) is 7.57. The lowest BCUT2D eigenvalue weighted by molar-refractivity contribution is 0.0852. The van der Waals surface area contributed by atoms with Gasteiger partial charge in [-0.3, -0.25) is 9.88 Å². The van der Waals surface area contributed by atoms with Crippen LogP contribution in [0, 0.1) is 5.92 Å². The lowest BCUT2D eigenvalue weighted by Gasteiger charge is -2.33. The van der Waals surface area contributed by atoms with E-state index in [1.807, 2.05) is 0 Å². The highest BCUT2D eigenvalue weighted by atomic mass is 16.5. The highest BCUT2D eigenvalue weighted by molar-refractivity contribution is 5.29. The normalized spacial score (nSPS) is 20.8. The molecule has 4 heterocycles. The van der Waals surface area contributed by atoms with E-state index >= 15 is 0 Å². The fourth-order valence-electron chi connectivity index (χ4n) is 5.65. The number of benzene rings is 1. The second-order valence-corrected chi connectivity index (χ2v) is 10.1. The maximum absolute atomic E-state index is 5.50. The van der Waals surface area contributed by atoms with Crippen molar-refractivity contribution in [3.8, 4) is 0 Å². The molecule has 0 aliphatic carbocycles. The van der Waals surface area contributed by atoms with Gasteiger partial charge < -0.3 is 14.5 Å². The molecule has 2 saturated heterocycles. The molecule has 1 atom stereocenters. The summed E-state index contributed by atoms with van der Waals surface area (Å²) in [5, 5.41) is 0. The molecule has 176 valence electrons. The maximum Gasteiger partial charge on any atom is 0.0970 e. The Bertz CT molecular complexity index is 937. The summed E-state index contributed by atoms with van der Waals surface area (Å²) in [6.45, 7) is 16.0. The van der Waals surface area contributed by atoms with E-state index in [0.29, 0.717) is 11.8 Å². The van der Waals surface area contributed by atoms with Crippen molar-refractivity contribution in [2.45, 2.75) is 45.2 Å². The number of nitrogens with zero attached hydrogens (tertiary/aromatic N) is 4. The van der Waals surface area contributed by atoms with E-state index in [4.69, 9.17) is 9.72 Å². The number of rotatable bonds is 7. The minimum atomic E-state index is 0.604. The number of aromatic nitrogens is 1. The van der Waals surface area contributed by atoms with Gasteiger partial charge in [0, 0.05) is 58.7 Å². The zero-order chi connectivity index (χ0) is 22.6. The van der Waals surface area contributed by atoms with E-state index in [9.17, 15) is 0 Å². The topological polar surface area (TPSA) is 31.8 Å². The Kier molecular flexibility index (Phi) is 6.98. The van der Waals surface area contributed by atoms with Gasteiger partial charge in [-0.1, -0.05) is 43.8 Å². The number of pyridine rings is 1. The van der Waals surface area contributed by atoms with Crippen LogP contribution in [0.5, 0.6) is 0 Å². The molecule has 5 nitrogen and oxygen atoms in total. The molecule has 3 aliphatic rings. The van der Waals surface area contributed by atoms with E-state index in [0.717, 1.165) is 76.8 Å². The molecule has 0 spiro atoms. The van der Waals surface area contributed by atoms with Crippen LogP contribution >= 0.6 is 0 Å². The average Bonchev–Trinajstić information content (AvgIpc) is 3.18. The van der Waals surface area contributed by atoms with Gasteiger partial charge >= 0.3 is 0 Å². The van der Waals surface area contributed by atoms with Gasteiger partial charge in [-0.2, -0.15) is 0 Å². The van der Waals surface area contributed by atoms with Gasteiger partial charge in [0.1, 0.15) is 0 Å². The number of ether oxygens (including phenoxy) is 1. The van der Waals surface area contributed by atoms with Gasteiger partial charge in [0.25, 0.3) is 0 Å². The summed E-state index contributed by atoms with van der Waals surface area (Å²) < 4.78 is 5.50. The molecule has 2 fully saturated rings. The maximum atomic E-state index is 5.50. The molecule has 2 aromatic rings. The second kappa shape index (κ2) is 10.3. The van der Waals surface area contributed by atoms with Crippen LogP contribution in [0.1, 0.15) is 48.1 Å². The van der Waals surface area contributed by atoms with Crippen molar-refractivity contribution < 1.29 is 4.74 Å². The lowest BCUT2D eigenvalue weighted by atomic mass is 9.93. The summed E-state index contributed by atoms with van der Waals surface area (Å²) in [5.41, 5.74) is 5.52. The quantitative estimate of drug-likeness (QED) is 0.635. The molecule has 1 aromatic carbocycles. The van der Waals surface area contributed by atoms with Crippen LogP contribution in [0.25, 0.3) is 0 Å². The smallest absolute Gasteiger partial charge is 0.0970 e. The summed E-state index contributed by atoms with van der Waals surface area (Å²) in [7, 11) is 0. The number of hydrogen-bond acceptors (Lipinski definition) is 5. The summed E-state index contributed by atoms with van der Waals surface area (Å²) in [4.78, 5) is 12.3. The van der Waals surface area contributed by atoms with E-state index in [-0.39, 0.29) is 0 Å².